The number of carbonyl (C=O) groups excluding carboxylic acids is 2. The molecule has 1 atom stereocenters. The molecule has 1 saturated carbocycles. The Balaban J connectivity index is 0.822. The van der Waals surface area contributed by atoms with Crippen LogP contribution in [0.25, 0.3) is 11.0 Å². The van der Waals surface area contributed by atoms with E-state index in [9.17, 15) is 14.4 Å². The van der Waals surface area contributed by atoms with Gasteiger partial charge in [0.05, 0.1) is 29.0 Å². The summed E-state index contributed by atoms with van der Waals surface area (Å²) in [5.74, 6) is 1.08. The second kappa shape index (κ2) is 16.2. The number of amides is 2. The number of piperidine rings is 1. The minimum absolute atomic E-state index is 0.0162. The Kier molecular flexibility index (Phi) is 11.3. The number of nitrogens with one attached hydrogen (secondary N) is 1. The Hall–Kier alpha value is -3.87. The fourth-order valence-electron chi connectivity index (χ4n) is 8.54. The summed E-state index contributed by atoms with van der Waals surface area (Å²) in [6, 6.07) is 7.50. The van der Waals surface area contributed by atoms with Crippen LogP contribution < -0.4 is 16.2 Å². The van der Waals surface area contributed by atoms with Gasteiger partial charge in [0.1, 0.15) is 5.69 Å². The molecule has 3 saturated heterocycles. The van der Waals surface area contributed by atoms with E-state index in [1.165, 1.54) is 19.3 Å². The molecule has 6 heterocycles. The lowest BCUT2D eigenvalue weighted by Gasteiger charge is -2.40. The van der Waals surface area contributed by atoms with Crippen molar-refractivity contribution >= 4 is 28.5 Å². The highest BCUT2D eigenvalue weighted by Crippen LogP contribution is 2.27. The van der Waals surface area contributed by atoms with Crippen molar-refractivity contribution in [2.24, 2.45) is 17.6 Å². The molecule has 1 aliphatic carbocycles. The molecule has 0 aromatic carbocycles. The van der Waals surface area contributed by atoms with Gasteiger partial charge in [-0.1, -0.05) is 26.2 Å². The number of carbonyl (C=O) groups is 2. The number of nitrogens with zero attached hydrogens (tertiary/aromatic N) is 7. The summed E-state index contributed by atoms with van der Waals surface area (Å²) in [6.45, 7) is 12.2. The summed E-state index contributed by atoms with van der Waals surface area (Å²) in [6.07, 6.45) is 12.3. The van der Waals surface area contributed by atoms with Gasteiger partial charge < -0.3 is 25.4 Å². The summed E-state index contributed by atoms with van der Waals surface area (Å²) in [5.41, 5.74) is 11.4. The molecule has 3 N–H and O–H groups in total. The highest BCUT2D eigenvalue weighted by Gasteiger charge is 2.32. The number of anilines is 1. The normalized spacial score (nSPS) is 20.9. The van der Waals surface area contributed by atoms with Gasteiger partial charge in [0, 0.05) is 90.3 Å². The van der Waals surface area contributed by atoms with Gasteiger partial charge in [-0.2, -0.15) is 0 Å². The van der Waals surface area contributed by atoms with Crippen LogP contribution in [0.3, 0.4) is 0 Å². The van der Waals surface area contributed by atoms with Crippen molar-refractivity contribution < 1.29 is 9.59 Å². The van der Waals surface area contributed by atoms with Crippen LogP contribution in [0.2, 0.25) is 0 Å². The SMILES string of the molecule is CCc1cc2ncc(CN3CCN(c4ccc(C(=O)N5CCC(CN6CCN(C(=O)C(N)C7CCCCC7)CC6)CC5)nc4)CC3)cc2[nH]c1=O. The number of fused-ring (bicyclic) bond motifs is 1. The molecule has 3 aromatic rings. The average molecular weight is 698 g/mol. The first kappa shape index (κ1) is 35.5. The van der Waals surface area contributed by atoms with Gasteiger partial charge in [0.15, 0.2) is 0 Å². The number of nitrogens with two attached hydrogens (primary N) is 1. The largest absolute Gasteiger partial charge is 0.368 e. The van der Waals surface area contributed by atoms with Crippen molar-refractivity contribution in [1.82, 2.24) is 34.6 Å². The van der Waals surface area contributed by atoms with Crippen molar-refractivity contribution in [3.05, 3.63) is 63.8 Å². The van der Waals surface area contributed by atoms with E-state index in [1.807, 2.05) is 53.4 Å². The lowest BCUT2D eigenvalue weighted by Crippen LogP contribution is -2.55. The van der Waals surface area contributed by atoms with Crippen molar-refractivity contribution in [3.63, 3.8) is 0 Å². The van der Waals surface area contributed by atoms with Crippen LogP contribution in [-0.2, 0) is 17.8 Å². The lowest BCUT2D eigenvalue weighted by molar-refractivity contribution is -0.136. The summed E-state index contributed by atoms with van der Waals surface area (Å²) < 4.78 is 0. The first-order chi connectivity index (χ1) is 24.8. The van der Waals surface area contributed by atoms with E-state index >= 15 is 0 Å². The van der Waals surface area contributed by atoms with Crippen LogP contribution in [-0.4, -0.2) is 124 Å². The van der Waals surface area contributed by atoms with Crippen LogP contribution in [0.4, 0.5) is 5.69 Å². The number of likely N-dealkylation sites (tertiary alicyclic amines) is 1. The maximum absolute atomic E-state index is 13.4. The van der Waals surface area contributed by atoms with E-state index in [2.05, 4.69) is 29.7 Å². The molecule has 3 aromatic heterocycles. The van der Waals surface area contributed by atoms with E-state index in [1.54, 1.807) is 0 Å². The monoisotopic (exact) mass is 697 g/mol. The van der Waals surface area contributed by atoms with E-state index in [-0.39, 0.29) is 23.4 Å². The van der Waals surface area contributed by atoms with Crippen LogP contribution >= 0.6 is 0 Å². The molecule has 1 unspecified atom stereocenters. The second-order valence-electron chi connectivity index (χ2n) is 15.2. The molecule has 7 rings (SSSR count). The molecule has 274 valence electrons. The van der Waals surface area contributed by atoms with Crippen LogP contribution in [0, 0.1) is 11.8 Å². The highest BCUT2D eigenvalue weighted by atomic mass is 16.2. The van der Waals surface area contributed by atoms with Gasteiger partial charge in [-0.15, -0.1) is 0 Å². The summed E-state index contributed by atoms with van der Waals surface area (Å²) in [7, 11) is 0. The van der Waals surface area contributed by atoms with Crippen molar-refractivity contribution in [2.75, 3.05) is 76.9 Å². The molecule has 12 nitrogen and oxygen atoms in total. The highest BCUT2D eigenvalue weighted by molar-refractivity contribution is 5.92. The topological polar surface area (TPSA) is 135 Å². The Bertz CT molecular complexity index is 1700. The Morgan fingerprint density at radius 1 is 0.843 bits per heavy atom. The average Bonchev–Trinajstić information content (AvgIpc) is 3.18. The zero-order valence-corrected chi connectivity index (χ0v) is 30.3. The molecule has 3 aliphatic heterocycles. The zero-order valence-electron chi connectivity index (χ0n) is 30.3. The smallest absolute Gasteiger partial charge is 0.272 e. The molecular weight excluding hydrogens is 642 g/mol. The number of hydrogen-bond acceptors (Lipinski definition) is 9. The van der Waals surface area contributed by atoms with Crippen molar-refractivity contribution in [3.8, 4) is 0 Å². The van der Waals surface area contributed by atoms with Gasteiger partial charge in [-0.3, -0.25) is 29.2 Å². The maximum Gasteiger partial charge on any atom is 0.272 e. The van der Waals surface area contributed by atoms with Gasteiger partial charge in [0.25, 0.3) is 11.5 Å². The first-order valence-electron chi connectivity index (χ1n) is 19.3. The zero-order chi connectivity index (χ0) is 35.3. The third-order valence-corrected chi connectivity index (χ3v) is 11.9. The number of H-pyrrole nitrogens is 1. The summed E-state index contributed by atoms with van der Waals surface area (Å²) in [5, 5.41) is 0. The molecule has 12 heteroatoms. The second-order valence-corrected chi connectivity index (χ2v) is 15.2. The quantitative estimate of drug-likeness (QED) is 0.346. The molecule has 0 radical (unpaired) electrons. The molecule has 4 aliphatic rings. The third kappa shape index (κ3) is 8.45. The van der Waals surface area contributed by atoms with Gasteiger partial charge in [-0.25, -0.2) is 4.98 Å². The van der Waals surface area contributed by atoms with Crippen molar-refractivity contribution in [2.45, 2.75) is 70.9 Å². The van der Waals surface area contributed by atoms with E-state index in [0.29, 0.717) is 24.0 Å². The Morgan fingerprint density at radius 2 is 1.57 bits per heavy atom. The number of aryl methyl sites for hydroxylation is 1. The fraction of sp³-hybridized carbons (Fsp3) is 0.615. The third-order valence-electron chi connectivity index (χ3n) is 11.9. The number of pyridine rings is 3. The predicted octanol–water partition coefficient (Wildman–Crippen LogP) is 3.11. The number of aromatic amines is 1. The van der Waals surface area contributed by atoms with Crippen molar-refractivity contribution in [1.29, 1.82) is 0 Å². The van der Waals surface area contributed by atoms with Crippen LogP contribution in [0.5, 0.6) is 0 Å². The number of piperazine rings is 2. The van der Waals surface area contributed by atoms with Gasteiger partial charge >= 0.3 is 0 Å². The standard InChI is InChI=1S/C39H55N9O3/c1-2-30-23-34-35(43-37(30)49)22-29(24-41-34)27-45-14-18-46(19-15-45)32-8-9-33(42-25-32)38(50)47-12-10-28(11-13-47)26-44-16-20-48(21-17-44)39(51)36(40)31-6-4-3-5-7-31/h8-9,22-25,28,31,36H,2-7,10-21,26-27,40H2,1H3,(H,43,49). The van der Waals surface area contributed by atoms with Gasteiger partial charge in [-0.05, 0) is 73.8 Å². The fourth-order valence-corrected chi connectivity index (χ4v) is 8.54. The number of rotatable bonds is 9. The summed E-state index contributed by atoms with van der Waals surface area (Å²) >= 11 is 0. The molecule has 51 heavy (non-hydrogen) atoms. The van der Waals surface area contributed by atoms with E-state index in [4.69, 9.17) is 5.73 Å². The van der Waals surface area contributed by atoms with Crippen LogP contribution in [0.1, 0.15) is 73.5 Å². The van der Waals surface area contributed by atoms with E-state index < -0.39 is 0 Å². The molecule has 2 amide bonds. The Morgan fingerprint density at radius 3 is 2.25 bits per heavy atom. The van der Waals surface area contributed by atoms with Crippen LogP contribution in [0.15, 0.2) is 41.5 Å². The lowest BCUT2D eigenvalue weighted by atomic mass is 9.83. The maximum atomic E-state index is 13.4. The molecule has 0 bridgehead atoms. The minimum atomic E-state index is -0.337. The molecular formula is C39H55N9O3. The minimum Gasteiger partial charge on any atom is -0.368 e. The summed E-state index contributed by atoms with van der Waals surface area (Å²) in [4.78, 5) is 62.1. The number of aromatic nitrogens is 3. The Labute approximate surface area is 301 Å². The number of hydrogen-bond donors (Lipinski definition) is 2. The van der Waals surface area contributed by atoms with E-state index in [0.717, 1.165) is 132 Å². The molecule has 4 fully saturated rings. The predicted molar refractivity (Wildman–Crippen MR) is 200 cm³/mol. The molecule has 0 spiro atoms. The van der Waals surface area contributed by atoms with Gasteiger partial charge in [0.2, 0.25) is 5.91 Å². The first-order valence-corrected chi connectivity index (χ1v) is 19.3.